The molecule has 0 aliphatic rings. The summed E-state index contributed by atoms with van der Waals surface area (Å²) in [4.78, 5) is 15.8. The molecule has 0 aliphatic heterocycles. The van der Waals surface area contributed by atoms with Crippen LogP contribution in [0.5, 0.6) is 0 Å². The fraction of sp³-hybridized carbons (Fsp3) is 0.250. The Labute approximate surface area is 74.6 Å². The van der Waals surface area contributed by atoms with Crippen LogP contribution in [0, 0.1) is 5.82 Å². The van der Waals surface area contributed by atoms with Crippen molar-refractivity contribution >= 4 is 11.8 Å². The summed E-state index contributed by atoms with van der Waals surface area (Å²) in [5.74, 6) is -1.59. The molecule has 13 heavy (non-hydrogen) atoms. The minimum absolute atomic E-state index is 0.134. The van der Waals surface area contributed by atoms with E-state index in [-0.39, 0.29) is 11.4 Å². The topological polar surface area (TPSA) is 53.4 Å². The third-order valence-corrected chi connectivity index (χ3v) is 1.49. The van der Waals surface area contributed by atoms with Gasteiger partial charge < -0.3 is 10.0 Å². The lowest BCUT2D eigenvalue weighted by Crippen LogP contribution is -2.15. The van der Waals surface area contributed by atoms with E-state index >= 15 is 0 Å². The van der Waals surface area contributed by atoms with Gasteiger partial charge in [0.2, 0.25) is 0 Å². The third kappa shape index (κ3) is 1.93. The first-order chi connectivity index (χ1) is 6.02. The molecule has 1 N–H and O–H groups in total. The van der Waals surface area contributed by atoms with Crippen molar-refractivity contribution in [3.8, 4) is 0 Å². The van der Waals surface area contributed by atoms with Crippen molar-refractivity contribution in [1.29, 1.82) is 0 Å². The van der Waals surface area contributed by atoms with Crippen molar-refractivity contribution < 1.29 is 14.3 Å². The number of aromatic nitrogens is 1. The molecule has 5 heteroatoms. The summed E-state index contributed by atoms with van der Waals surface area (Å²) in [6.45, 7) is 0. The Morgan fingerprint density at radius 3 is 2.69 bits per heavy atom. The minimum Gasteiger partial charge on any atom is -0.478 e. The van der Waals surface area contributed by atoms with Crippen LogP contribution in [0.1, 0.15) is 10.4 Å². The van der Waals surface area contributed by atoms with Crippen LogP contribution in [0.4, 0.5) is 10.2 Å². The van der Waals surface area contributed by atoms with Crippen LogP contribution in [-0.4, -0.2) is 30.2 Å². The van der Waals surface area contributed by atoms with E-state index in [0.717, 1.165) is 12.3 Å². The quantitative estimate of drug-likeness (QED) is 0.744. The molecule has 1 rings (SSSR count). The molecule has 1 heterocycles. The van der Waals surface area contributed by atoms with Crippen molar-refractivity contribution in [3.05, 3.63) is 23.6 Å². The summed E-state index contributed by atoms with van der Waals surface area (Å²) in [7, 11) is 3.29. The molecule has 1 aromatic rings. The largest absolute Gasteiger partial charge is 0.478 e. The van der Waals surface area contributed by atoms with E-state index in [1.54, 1.807) is 14.1 Å². The van der Waals surface area contributed by atoms with Crippen LogP contribution in [-0.2, 0) is 0 Å². The number of nitrogens with zero attached hydrogens (tertiary/aromatic N) is 2. The zero-order chi connectivity index (χ0) is 10.0. The highest BCUT2D eigenvalue weighted by Crippen LogP contribution is 2.15. The molecule has 0 fully saturated rings. The fourth-order valence-corrected chi connectivity index (χ4v) is 0.946. The summed E-state index contributed by atoms with van der Waals surface area (Å²) < 4.78 is 12.6. The second kappa shape index (κ2) is 3.38. The predicted molar refractivity (Wildman–Crippen MR) is 45.5 cm³/mol. The third-order valence-electron chi connectivity index (χ3n) is 1.49. The van der Waals surface area contributed by atoms with Gasteiger partial charge in [-0.3, -0.25) is 0 Å². The van der Waals surface area contributed by atoms with Gasteiger partial charge in [-0.05, 0) is 6.07 Å². The van der Waals surface area contributed by atoms with Gasteiger partial charge in [-0.25, -0.2) is 14.2 Å². The van der Waals surface area contributed by atoms with Crippen molar-refractivity contribution in [2.45, 2.75) is 0 Å². The van der Waals surface area contributed by atoms with Crippen LogP contribution in [0.3, 0.4) is 0 Å². The normalized spacial score (nSPS) is 9.77. The molecule has 0 aromatic carbocycles. The number of carboxylic acids is 1. The van der Waals surface area contributed by atoms with E-state index in [2.05, 4.69) is 4.98 Å². The number of carboxylic acid groups (broad SMARTS) is 1. The second-order valence-corrected chi connectivity index (χ2v) is 2.72. The Morgan fingerprint density at radius 2 is 2.23 bits per heavy atom. The standard InChI is InChI=1S/C8H9FN2O2/c1-11(2)7-6(8(12)13)3-5(9)4-10-7/h3-4H,1-2H3,(H,12,13). The average Bonchev–Trinajstić information content (AvgIpc) is 2.03. The maximum Gasteiger partial charge on any atom is 0.339 e. The van der Waals surface area contributed by atoms with E-state index < -0.39 is 11.8 Å². The minimum atomic E-state index is -1.18. The first-order valence-electron chi connectivity index (χ1n) is 3.58. The average molecular weight is 184 g/mol. The maximum absolute atomic E-state index is 12.6. The van der Waals surface area contributed by atoms with Crippen LogP contribution in [0.2, 0.25) is 0 Å². The SMILES string of the molecule is CN(C)c1ncc(F)cc1C(=O)O. The lowest BCUT2D eigenvalue weighted by Gasteiger charge is -2.13. The summed E-state index contributed by atoms with van der Waals surface area (Å²) in [5.41, 5.74) is -0.134. The first kappa shape index (κ1) is 9.44. The van der Waals surface area contributed by atoms with E-state index in [1.165, 1.54) is 4.90 Å². The molecule has 70 valence electrons. The van der Waals surface area contributed by atoms with Gasteiger partial charge in [0.1, 0.15) is 17.2 Å². The smallest absolute Gasteiger partial charge is 0.339 e. The molecular formula is C8H9FN2O2. The van der Waals surface area contributed by atoms with Gasteiger partial charge in [0, 0.05) is 14.1 Å². The molecule has 0 atom stereocenters. The van der Waals surface area contributed by atoms with E-state index in [4.69, 9.17) is 5.11 Å². The molecule has 0 radical (unpaired) electrons. The van der Waals surface area contributed by atoms with Crippen molar-refractivity contribution in [2.75, 3.05) is 19.0 Å². The molecule has 0 unspecified atom stereocenters. The molecule has 1 aromatic heterocycles. The van der Waals surface area contributed by atoms with Gasteiger partial charge in [-0.15, -0.1) is 0 Å². The zero-order valence-electron chi connectivity index (χ0n) is 7.28. The number of rotatable bonds is 2. The van der Waals surface area contributed by atoms with Gasteiger partial charge in [-0.1, -0.05) is 0 Å². The number of hydrogen-bond acceptors (Lipinski definition) is 3. The zero-order valence-corrected chi connectivity index (χ0v) is 7.28. The van der Waals surface area contributed by atoms with E-state index in [9.17, 15) is 9.18 Å². The molecular weight excluding hydrogens is 175 g/mol. The lowest BCUT2D eigenvalue weighted by atomic mass is 10.2. The van der Waals surface area contributed by atoms with Gasteiger partial charge in [-0.2, -0.15) is 0 Å². The molecule has 0 aliphatic carbocycles. The number of carbonyl (C=O) groups is 1. The Morgan fingerprint density at radius 1 is 1.62 bits per heavy atom. The van der Waals surface area contributed by atoms with Gasteiger partial charge in [0.15, 0.2) is 0 Å². The predicted octanol–water partition coefficient (Wildman–Crippen LogP) is 0.985. The molecule has 0 saturated heterocycles. The number of pyridine rings is 1. The summed E-state index contributed by atoms with van der Waals surface area (Å²) >= 11 is 0. The summed E-state index contributed by atoms with van der Waals surface area (Å²) in [5, 5.41) is 8.71. The fourth-order valence-electron chi connectivity index (χ4n) is 0.946. The first-order valence-corrected chi connectivity index (χ1v) is 3.58. The summed E-state index contributed by atoms with van der Waals surface area (Å²) in [6, 6.07) is 0.949. The van der Waals surface area contributed by atoms with Gasteiger partial charge >= 0.3 is 5.97 Å². The van der Waals surface area contributed by atoms with Crippen LogP contribution in [0.25, 0.3) is 0 Å². The molecule has 0 saturated carbocycles. The second-order valence-electron chi connectivity index (χ2n) is 2.72. The van der Waals surface area contributed by atoms with Gasteiger partial charge in [0.25, 0.3) is 0 Å². The highest BCUT2D eigenvalue weighted by atomic mass is 19.1. The number of aromatic carboxylic acids is 1. The van der Waals surface area contributed by atoms with Crippen LogP contribution in [0.15, 0.2) is 12.3 Å². The number of hydrogen-bond donors (Lipinski definition) is 1. The van der Waals surface area contributed by atoms with E-state index in [1.807, 2.05) is 0 Å². The monoisotopic (exact) mass is 184 g/mol. The van der Waals surface area contributed by atoms with Crippen LogP contribution >= 0.6 is 0 Å². The van der Waals surface area contributed by atoms with Crippen LogP contribution < -0.4 is 4.90 Å². The Balaban J connectivity index is 3.27. The molecule has 0 amide bonds. The highest BCUT2D eigenvalue weighted by molar-refractivity contribution is 5.93. The Kier molecular flexibility index (Phi) is 2.46. The summed E-state index contributed by atoms with van der Waals surface area (Å²) in [6.07, 6.45) is 0.988. The number of halogens is 1. The van der Waals surface area contributed by atoms with Crippen molar-refractivity contribution in [1.82, 2.24) is 4.98 Å². The molecule has 0 spiro atoms. The van der Waals surface area contributed by atoms with Crippen molar-refractivity contribution in [3.63, 3.8) is 0 Å². The maximum atomic E-state index is 12.6. The molecule has 0 bridgehead atoms. The lowest BCUT2D eigenvalue weighted by molar-refractivity contribution is 0.0696. The Hall–Kier alpha value is -1.65. The Bertz CT molecular complexity index is 339. The van der Waals surface area contributed by atoms with E-state index in [0.29, 0.717) is 0 Å². The highest BCUT2D eigenvalue weighted by Gasteiger charge is 2.13. The molecule has 4 nitrogen and oxygen atoms in total. The van der Waals surface area contributed by atoms with Gasteiger partial charge in [0.05, 0.1) is 6.20 Å². The van der Waals surface area contributed by atoms with Crippen molar-refractivity contribution in [2.24, 2.45) is 0 Å². The number of anilines is 1.